The van der Waals surface area contributed by atoms with Crippen LogP contribution < -0.4 is 5.32 Å². The number of hydrogen-bond acceptors (Lipinski definition) is 4. The number of ether oxygens (including phenoxy) is 1. The molecule has 0 amide bonds. The smallest absolute Gasteiger partial charge is 0.274 e. The van der Waals surface area contributed by atoms with Crippen molar-refractivity contribution in [1.29, 1.82) is 0 Å². The van der Waals surface area contributed by atoms with E-state index in [1.54, 1.807) is 0 Å². The first kappa shape index (κ1) is 10.9. The Bertz CT molecular complexity index is 138. The van der Waals surface area contributed by atoms with Crippen molar-refractivity contribution in [2.24, 2.45) is 5.92 Å². The average Bonchev–Trinajstić information content (AvgIpc) is 2.04. The lowest BCUT2D eigenvalue weighted by Gasteiger charge is -2.23. The molecule has 4 nitrogen and oxygen atoms in total. The van der Waals surface area contributed by atoms with Gasteiger partial charge in [0.05, 0.1) is 6.61 Å². The van der Waals surface area contributed by atoms with E-state index in [-0.39, 0.29) is 0 Å². The predicted molar refractivity (Wildman–Crippen MR) is 49.0 cm³/mol. The summed E-state index contributed by atoms with van der Waals surface area (Å²) in [5, 5.41) is 21.0. The summed E-state index contributed by atoms with van der Waals surface area (Å²) >= 11 is 0. The molecule has 1 rings (SSSR count). The second-order valence-electron chi connectivity index (χ2n) is 3.76. The second-order valence-corrected chi connectivity index (χ2v) is 3.76. The fourth-order valence-electron chi connectivity index (χ4n) is 1.59. The molecule has 3 N–H and O–H groups in total. The molecular weight excluding hydrogens is 170 g/mol. The van der Waals surface area contributed by atoms with Crippen LogP contribution in [-0.2, 0) is 4.74 Å². The molecule has 1 saturated heterocycles. The summed E-state index contributed by atoms with van der Waals surface area (Å²) in [4.78, 5) is 0. The Hall–Kier alpha value is -0.160. The Morgan fingerprint density at radius 3 is 2.54 bits per heavy atom. The van der Waals surface area contributed by atoms with E-state index in [2.05, 4.69) is 5.32 Å². The minimum Gasteiger partial charge on any atom is -0.344 e. The van der Waals surface area contributed by atoms with E-state index < -0.39 is 5.97 Å². The summed E-state index contributed by atoms with van der Waals surface area (Å²) < 4.78 is 4.82. The third-order valence-corrected chi connectivity index (χ3v) is 2.36. The molecule has 0 aliphatic carbocycles. The minimum absolute atomic E-state index is 0.425. The Balaban J connectivity index is 2.04. The molecule has 0 bridgehead atoms. The number of rotatable bonds is 4. The largest absolute Gasteiger partial charge is 0.344 e. The van der Waals surface area contributed by atoms with Crippen molar-refractivity contribution in [3.05, 3.63) is 0 Å². The van der Waals surface area contributed by atoms with Gasteiger partial charge in [-0.3, -0.25) is 0 Å². The van der Waals surface area contributed by atoms with E-state index in [0.717, 1.165) is 32.4 Å². The third kappa shape index (κ3) is 5.21. The van der Waals surface area contributed by atoms with Gasteiger partial charge in [0.15, 0.2) is 0 Å². The maximum absolute atomic E-state index is 8.87. The van der Waals surface area contributed by atoms with E-state index >= 15 is 0 Å². The topological polar surface area (TPSA) is 61.7 Å². The lowest BCUT2D eigenvalue weighted by molar-refractivity contribution is -0.325. The molecule has 4 heteroatoms. The Morgan fingerprint density at radius 2 is 2.00 bits per heavy atom. The minimum atomic E-state index is -1.97. The standard InChI is InChI=1S/C9H19NO3/c1-9(11,12)13-7-4-8-2-5-10-6-3-8/h8,10-12H,2-7H2,1H3. The zero-order valence-electron chi connectivity index (χ0n) is 8.12. The molecule has 78 valence electrons. The SMILES string of the molecule is CC(O)(O)OCCC1CCNCC1. The first-order valence-electron chi connectivity index (χ1n) is 4.87. The van der Waals surface area contributed by atoms with Gasteiger partial charge in [-0.05, 0) is 38.3 Å². The Kier molecular flexibility index (Phi) is 4.12. The van der Waals surface area contributed by atoms with Gasteiger partial charge in [0.1, 0.15) is 0 Å². The normalized spacial score (nSPS) is 20.5. The lowest BCUT2D eigenvalue weighted by atomic mass is 9.95. The average molecular weight is 189 g/mol. The van der Waals surface area contributed by atoms with Gasteiger partial charge in [-0.2, -0.15) is 0 Å². The van der Waals surface area contributed by atoms with Crippen LogP contribution in [0.15, 0.2) is 0 Å². The highest BCUT2D eigenvalue weighted by Gasteiger charge is 2.17. The van der Waals surface area contributed by atoms with Gasteiger partial charge in [0.25, 0.3) is 5.97 Å². The fraction of sp³-hybridized carbons (Fsp3) is 1.00. The van der Waals surface area contributed by atoms with Gasteiger partial charge in [0.2, 0.25) is 0 Å². The molecule has 0 aromatic rings. The number of piperidine rings is 1. The van der Waals surface area contributed by atoms with Crippen LogP contribution in [0.25, 0.3) is 0 Å². The summed E-state index contributed by atoms with van der Waals surface area (Å²) in [6.07, 6.45) is 3.24. The van der Waals surface area contributed by atoms with Crippen LogP contribution in [0.5, 0.6) is 0 Å². The van der Waals surface area contributed by atoms with Gasteiger partial charge in [0, 0.05) is 6.92 Å². The first-order valence-corrected chi connectivity index (χ1v) is 4.87. The Labute approximate surface area is 78.9 Å². The lowest BCUT2D eigenvalue weighted by Crippen LogP contribution is -2.31. The molecule has 0 aromatic heterocycles. The van der Waals surface area contributed by atoms with Crippen LogP contribution in [0, 0.1) is 5.92 Å². The van der Waals surface area contributed by atoms with Gasteiger partial charge in [-0.15, -0.1) is 0 Å². The molecule has 1 aliphatic heterocycles. The van der Waals surface area contributed by atoms with Crippen molar-refractivity contribution in [2.45, 2.75) is 32.2 Å². The third-order valence-electron chi connectivity index (χ3n) is 2.36. The van der Waals surface area contributed by atoms with Crippen molar-refractivity contribution in [3.8, 4) is 0 Å². The molecular formula is C9H19NO3. The fourth-order valence-corrected chi connectivity index (χ4v) is 1.59. The molecule has 1 fully saturated rings. The zero-order valence-corrected chi connectivity index (χ0v) is 8.12. The van der Waals surface area contributed by atoms with Crippen LogP contribution in [0.4, 0.5) is 0 Å². The molecule has 1 heterocycles. The summed E-state index contributed by atoms with van der Waals surface area (Å²) in [7, 11) is 0. The van der Waals surface area contributed by atoms with Crippen molar-refractivity contribution in [2.75, 3.05) is 19.7 Å². The van der Waals surface area contributed by atoms with E-state index in [1.807, 2.05) is 0 Å². The maximum Gasteiger partial charge on any atom is 0.274 e. The van der Waals surface area contributed by atoms with E-state index in [0.29, 0.717) is 12.5 Å². The molecule has 0 atom stereocenters. The van der Waals surface area contributed by atoms with Crippen LogP contribution in [-0.4, -0.2) is 35.9 Å². The number of aliphatic hydroxyl groups is 2. The van der Waals surface area contributed by atoms with Gasteiger partial charge >= 0.3 is 0 Å². The Morgan fingerprint density at radius 1 is 1.38 bits per heavy atom. The second kappa shape index (κ2) is 4.91. The number of hydrogen-bond donors (Lipinski definition) is 3. The summed E-state index contributed by atoms with van der Waals surface area (Å²) in [6, 6.07) is 0. The summed E-state index contributed by atoms with van der Waals surface area (Å²) in [5.74, 6) is -1.30. The quantitative estimate of drug-likeness (QED) is 0.547. The van der Waals surface area contributed by atoms with Crippen molar-refractivity contribution >= 4 is 0 Å². The molecule has 0 radical (unpaired) electrons. The molecule has 1 aliphatic rings. The van der Waals surface area contributed by atoms with Crippen LogP contribution >= 0.6 is 0 Å². The molecule has 0 saturated carbocycles. The molecule has 0 aromatic carbocycles. The first-order chi connectivity index (χ1) is 6.08. The van der Waals surface area contributed by atoms with E-state index in [4.69, 9.17) is 14.9 Å². The van der Waals surface area contributed by atoms with Crippen LogP contribution in [0.3, 0.4) is 0 Å². The van der Waals surface area contributed by atoms with Crippen LogP contribution in [0.1, 0.15) is 26.2 Å². The highest BCUT2D eigenvalue weighted by atomic mass is 16.8. The molecule has 0 unspecified atom stereocenters. The van der Waals surface area contributed by atoms with E-state index in [9.17, 15) is 0 Å². The van der Waals surface area contributed by atoms with Crippen LogP contribution in [0.2, 0.25) is 0 Å². The van der Waals surface area contributed by atoms with Gasteiger partial charge < -0.3 is 20.3 Å². The maximum atomic E-state index is 8.87. The van der Waals surface area contributed by atoms with Crippen molar-refractivity contribution in [3.63, 3.8) is 0 Å². The summed E-state index contributed by atoms with van der Waals surface area (Å²) in [6.45, 7) is 3.80. The van der Waals surface area contributed by atoms with Gasteiger partial charge in [-0.25, -0.2) is 0 Å². The molecule has 0 spiro atoms. The number of nitrogens with one attached hydrogen (secondary N) is 1. The highest BCUT2D eigenvalue weighted by molar-refractivity contribution is 4.68. The monoisotopic (exact) mass is 189 g/mol. The highest BCUT2D eigenvalue weighted by Crippen LogP contribution is 2.16. The summed E-state index contributed by atoms with van der Waals surface area (Å²) in [5.41, 5.74) is 0. The molecule has 13 heavy (non-hydrogen) atoms. The predicted octanol–water partition coefficient (Wildman–Crippen LogP) is 0.0510. The van der Waals surface area contributed by atoms with Gasteiger partial charge in [-0.1, -0.05) is 0 Å². The zero-order chi connectivity index (χ0) is 9.73. The van der Waals surface area contributed by atoms with Crippen molar-refractivity contribution in [1.82, 2.24) is 5.32 Å². The van der Waals surface area contributed by atoms with E-state index in [1.165, 1.54) is 6.92 Å². The van der Waals surface area contributed by atoms with Crippen molar-refractivity contribution < 1.29 is 14.9 Å².